The standard InChI is InChI=1S/C17H25N5O3/c1-22(14-2-6-18-7-3-14)8-4-17(5-9-22,16(24)25)21-15(23)13-10-19-12-20-11-13/h10-12,14,18H,2-9H2,1H3,(H-,21,23,24,25)/p+1. The number of aliphatic carboxylic acids is 1. The summed E-state index contributed by atoms with van der Waals surface area (Å²) in [5.74, 6) is -1.39. The molecule has 0 radical (unpaired) electrons. The largest absolute Gasteiger partial charge is 0.479 e. The molecule has 25 heavy (non-hydrogen) atoms. The molecule has 8 heteroatoms. The molecule has 0 atom stereocenters. The molecule has 1 aromatic heterocycles. The van der Waals surface area contributed by atoms with Gasteiger partial charge in [0.25, 0.3) is 5.91 Å². The van der Waals surface area contributed by atoms with Crippen molar-refractivity contribution in [2.24, 2.45) is 0 Å². The summed E-state index contributed by atoms with van der Waals surface area (Å²) in [6.45, 7) is 3.55. The Balaban J connectivity index is 1.70. The molecule has 2 aliphatic rings. The first-order chi connectivity index (χ1) is 12.0. The van der Waals surface area contributed by atoms with E-state index in [1.54, 1.807) is 0 Å². The van der Waals surface area contributed by atoms with Crippen LogP contribution in [0.4, 0.5) is 0 Å². The van der Waals surface area contributed by atoms with Gasteiger partial charge >= 0.3 is 5.97 Å². The Morgan fingerprint density at radius 3 is 2.40 bits per heavy atom. The molecule has 0 bridgehead atoms. The molecule has 8 nitrogen and oxygen atoms in total. The van der Waals surface area contributed by atoms with E-state index in [9.17, 15) is 14.7 Å². The fraction of sp³-hybridized carbons (Fsp3) is 0.647. The van der Waals surface area contributed by atoms with Gasteiger partial charge in [-0.1, -0.05) is 0 Å². The van der Waals surface area contributed by atoms with E-state index in [2.05, 4.69) is 27.6 Å². The zero-order valence-corrected chi connectivity index (χ0v) is 14.6. The summed E-state index contributed by atoms with van der Waals surface area (Å²) in [5.41, 5.74) is -0.929. The number of amides is 1. The topological polar surface area (TPSA) is 104 Å². The predicted octanol–water partition coefficient (Wildman–Crippen LogP) is 0.0222. The Bertz CT molecular complexity index is 622. The summed E-state index contributed by atoms with van der Waals surface area (Å²) in [6.07, 6.45) is 7.23. The van der Waals surface area contributed by atoms with Gasteiger partial charge in [-0.3, -0.25) is 4.79 Å². The zero-order chi connectivity index (χ0) is 17.9. The highest BCUT2D eigenvalue weighted by atomic mass is 16.4. The second kappa shape index (κ2) is 7.05. The maximum absolute atomic E-state index is 12.4. The van der Waals surface area contributed by atoms with Crippen molar-refractivity contribution in [2.45, 2.75) is 37.3 Å². The fourth-order valence-corrected chi connectivity index (χ4v) is 4.02. The number of nitrogens with zero attached hydrogens (tertiary/aromatic N) is 3. The van der Waals surface area contributed by atoms with Crippen LogP contribution in [0.2, 0.25) is 0 Å². The van der Waals surface area contributed by atoms with Crippen molar-refractivity contribution < 1.29 is 19.2 Å². The van der Waals surface area contributed by atoms with Crippen LogP contribution >= 0.6 is 0 Å². The monoisotopic (exact) mass is 348 g/mol. The second-order valence-electron chi connectivity index (χ2n) is 7.38. The van der Waals surface area contributed by atoms with Crippen LogP contribution in [-0.4, -0.2) is 76.2 Å². The van der Waals surface area contributed by atoms with Crippen molar-refractivity contribution in [3.8, 4) is 0 Å². The van der Waals surface area contributed by atoms with Gasteiger partial charge in [-0.2, -0.15) is 0 Å². The molecule has 0 unspecified atom stereocenters. The van der Waals surface area contributed by atoms with Crippen LogP contribution in [0.1, 0.15) is 36.0 Å². The Morgan fingerprint density at radius 2 is 1.84 bits per heavy atom. The summed E-state index contributed by atoms with van der Waals surface area (Å²) in [4.78, 5) is 32.0. The highest BCUT2D eigenvalue weighted by molar-refractivity contribution is 5.97. The van der Waals surface area contributed by atoms with Crippen LogP contribution in [0.3, 0.4) is 0 Å². The maximum atomic E-state index is 12.4. The molecule has 1 amide bonds. The van der Waals surface area contributed by atoms with Gasteiger partial charge in [0.2, 0.25) is 0 Å². The van der Waals surface area contributed by atoms with Crippen molar-refractivity contribution in [2.75, 3.05) is 33.2 Å². The van der Waals surface area contributed by atoms with Gasteiger partial charge in [-0.15, -0.1) is 0 Å². The molecule has 0 saturated carbocycles. The third kappa shape index (κ3) is 3.64. The van der Waals surface area contributed by atoms with E-state index in [0.717, 1.165) is 43.5 Å². The third-order valence-electron chi connectivity index (χ3n) is 5.87. The lowest BCUT2D eigenvalue weighted by Crippen LogP contribution is -2.67. The first-order valence-corrected chi connectivity index (χ1v) is 8.81. The van der Waals surface area contributed by atoms with E-state index in [4.69, 9.17) is 0 Å². The molecule has 3 rings (SSSR count). The molecule has 1 aromatic rings. The fourth-order valence-electron chi connectivity index (χ4n) is 4.02. The third-order valence-corrected chi connectivity index (χ3v) is 5.87. The average Bonchev–Trinajstić information content (AvgIpc) is 2.65. The summed E-state index contributed by atoms with van der Waals surface area (Å²) < 4.78 is 0.890. The van der Waals surface area contributed by atoms with E-state index >= 15 is 0 Å². The first-order valence-electron chi connectivity index (χ1n) is 8.81. The van der Waals surface area contributed by atoms with Crippen LogP contribution in [0.15, 0.2) is 18.7 Å². The minimum absolute atomic E-state index is 0.282. The highest BCUT2D eigenvalue weighted by Gasteiger charge is 2.49. The van der Waals surface area contributed by atoms with Crippen LogP contribution in [0.5, 0.6) is 0 Å². The molecule has 3 N–H and O–H groups in total. The number of nitrogens with one attached hydrogen (secondary N) is 2. The Labute approximate surface area is 147 Å². The predicted molar refractivity (Wildman–Crippen MR) is 90.9 cm³/mol. The van der Waals surface area contributed by atoms with Crippen molar-refractivity contribution >= 4 is 11.9 Å². The van der Waals surface area contributed by atoms with Crippen molar-refractivity contribution in [3.05, 3.63) is 24.3 Å². The lowest BCUT2D eigenvalue weighted by atomic mass is 9.84. The highest BCUT2D eigenvalue weighted by Crippen LogP contribution is 2.31. The second-order valence-corrected chi connectivity index (χ2v) is 7.38. The van der Waals surface area contributed by atoms with Crippen LogP contribution in [0.25, 0.3) is 0 Å². The van der Waals surface area contributed by atoms with Gasteiger partial charge in [0.15, 0.2) is 0 Å². The Morgan fingerprint density at radius 1 is 1.24 bits per heavy atom. The number of carbonyl (C=O) groups is 2. The molecule has 2 aliphatic heterocycles. The van der Waals surface area contributed by atoms with E-state index in [-0.39, 0.29) is 5.56 Å². The molecule has 136 valence electrons. The average molecular weight is 348 g/mol. The zero-order valence-electron chi connectivity index (χ0n) is 14.6. The Kier molecular flexibility index (Phi) is 5.01. The quantitative estimate of drug-likeness (QED) is 0.663. The van der Waals surface area contributed by atoms with Gasteiger partial charge in [-0.25, -0.2) is 14.8 Å². The van der Waals surface area contributed by atoms with Gasteiger partial charge in [0.05, 0.1) is 31.7 Å². The van der Waals surface area contributed by atoms with Gasteiger partial charge in [0, 0.05) is 51.2 Å². The number of aromatic nitrogens is 2. The van der Waals surface area contributed by atoms with Crippen LogP contribution in [-0.2, 0) is 4.79 Å². The number of rotatable bonds is 4. The summed E-state index contributed by atoms with van der Waals surface area (Å²) in [6, 6.07) is 0.561. The number of carbonyl (C=O) groups excluding carboxylic acids is 1. The minimum atomic E-state index is -1.21. The number of hydrogen-bond donors (Lipinski definition) is 3. The van der Waals surface area contributed by atoms with Gasteiger partial charge in [0.1, 0.15) is 11.9 Å². The van der Waals surface area contributed by atoms with Gasteiger partial charge < -0.3 is 20.2 Å². The molecular weight excluding hydrogens is 322 g/mol. The molecule has 3 heterocycles. The molecule has 2 fully saturated rings. The van der Waals surface area contributed by atoms with E-state index < -0.39 is 17.4 Å². The summed E-state index contributed by atoms with van der Waals surface area (Å²) in [5, 5.41) is 15.9. The number of carboxylic acids is 1. The molecule has 0 aliphatic carbocycles. The minimum Gasteiger partial charge on any atom is -0.479 e. The Hall–Kier alpha value is -2.06. The molecular formula is C17H26N5O3+. The number of carboxylic acid groups (broad SMARTS) is 1. The van der Waals surface area contributed by atoms with E-state index in [1.807, 2.05) is 0 Å². The van der Waals surface area contributed by atoms with E-state index in [0.29, 0.717) is 18.9 Å². The maximum Gasteiger partial charge on any atom is 0.329 e. The van der Waals surface area contributed by atoms with E-state index in [1.165, 1.54) is 18.7 Å². The molecule has 0 aromatic carbocycles. The van der Waals surface area contributed by atoms with Crippen molar-refractivity contribution in [1.29, 1.82) is 0 Å². The SMILES string of the molecule is C[N+]1(C2CCNCC2)CCC(NC(=O)c2cncnc2)(C(=O)O)CC1. The van der Waals surface area contributed by atoms with Crippen molar-refractivity contribution in [3.63, 3.8) is 0 Å². The summed E-state index contributed by atoms with van der Waals surface area (Å²) >= 11 is 0. The first kappa shape index (κ1) is 17.8. The molecule has 0 spiro atoms. The lowest BCUT2D eigenvalue weighted by molar-refractivity contribution is -0.939. The number of hydrogen-bond acceptors (Lipinski definition) is 5. The normalized spacial score (nSPS) is 30.6. The summed E-state index contributed by atoms with van der Waals surface area (Å²) in [7, 11) is 2.22. The number of quaternary nitrogens is 1. The number of piperidine rings is 2. The molecule has 2 saturated heterocycles. The lowest BCUT2D eigenvalue weighted by Gasteiger charge is -2.49. The number of likely N-dealkylation sites (tertiary alicyclic amines) is 1. The van der Waals surface area contributed by atoms with Crippen LogP contribution in [0, 0.1) is 0 Å². The van der Waals surface area contributed by atoms with Gasteiger partial charge in [-0.05, 0) is 0 Å². The van der Waals surface area contributed by atoms with Crippen molar-refractivity contribution in [1.82, 2.24) is 20.6 Å². The van der Waals surface area contributed by atoms with Crippen LogP contribution < -0.4 is 10.6 Å². The smallest absolute Gasteiger partial charge is 0.329 e.